The topological polar surface area (TPSA) is 58.2 Å². The van der Waals surface area contributed by atoms with Crippen molar-refractivity contribution in [2.45, 2.75) is 82.8 Å². The number of nitrogens with one attached hydrogen (secondary N) is 2. The van der Waals surface area contributed by atoms with Crippen molar-refractivity contribution in [1.29, 1.82) is 0 Å². The van der Waals surface area contributed by atoms with Gasteiger partial charge >= 0.3 is 0 Å². The Hall–Kier alpha value is -1.17. The standard InChI is InChI=1S/C20H35BN2O2S/c1-6-10-12-20(5,14-16(21)7-2)26-15-17(18(24)8-3)23-13-11-19(25)22-9-4/h9,11,13,16-17,23H,4,6-8,10,12,14-15H2,1-3,5H3,(H,22,25). The molecule has 0 aromatic carbocycles. The zero-order chi connectivity index (χ0) is 20.0. The molecule has 1 amide bonds. The van der Waals surface area contributed by atoms with E-state index in [2.05, 4.69) is 38.0 Å². The zero-order valence-electron chi connectivity index (χ0n) is 16.8. The third-order valence-electron chi connectivity index (χ3n) is 4.39. The molecule has 0 aliphatic rings. The van der Waals surface area contributed by atoms with Crippen molar-refractivity contribution in [2.24, 2.45) is 0 Å². The molecule has 146 valence electrons. The van der Waals surface area contributed by atoms with Crippen LogP contribution in [0.5, 0.6) is 0 Å². The number of hydrogen-bond acceptors (Lipinski definition) is 4. The number of thioether (sulfide) groups is 1. The van der Waals surface area contributed by atoms with Gasteiger partial charge in [-0.25, -0.2) is 0 Å². The Bertz CT molecular complexity index is 471. The fourth-order valence-electron chi connectivity index (χ4n) is 2.64. The number of hydrogen-bond donors (Lipinski definition) is 2. The van der Waals surface area contributed by atoms with E-state index < -0.39 is 0 Å². The first-order valence-corrected chi connectivity index (χ1v) is 10.6. The molecule has 0 aliphatic carbocycles. The fourth-order valence-corrected chi connectivity index (χ4v) is 4.11. The lowest BCUT2D eigenvalue weighted by Gasteiger charge is -2.33. The van der Waals surface area contributed by atoms with Crippen molar-refractivity contribution in [3.8, 4) is 0 Å². The number of carbonyl (C=O) groups is 2. The number of Topliss-reactive ketones (excluding diaryl/α,β-unsaturated/α-hetero) is 1. The summed E-state index contributed by atoms with van der Waals surface area (Å²) in [6, 6.07) is -0.309. The van der Waals surface area contributed by atoms with Crippen LogP contribution in [0.4, 0.5) is 0 Å². The van der Waals surface area contributed by atoms with Crippen LogP contribution in [-0.4, -0.2) is 36.1 Å². The molecule has 0 fully saturated rings. The minimum atomic E-state index is -0.309. The largest absolute Gasteiger partial charge is 0.380 e. The number of amides is 1. The molecule has 3 unspecified atom stereocenters. The van der Waals surface area contributed by atoms with Gasteiger partial charge in [-0.05, 0) is 19.0 Å². The van der Waals surface area contributed by atoms with E-state index >= 15 is 0 Å². The van der Waals surface area contributed by atoms with Crippen molar-refractivity contribution in [3.05, 3.63) is 25.1 Å². The molecule has 4 nitrogen and oxygen atoms in total. The highest BCUT2D eigenvalue weighted by atomic mass is 32.2. The van der Waals surface area contributed by atoms with Gasteiger partial charge in [-0.3, -0.25) is 9.59 Å². The van der Waals surface area contributed by atoms with Crippen LogP contribution >= 0.6 is 11.8 Å². The molecule has 0 rings (SSSR count). The summed E-state index contributed by atoms with van der Waals surface area (Å²) in [5.41, 5.74) is 0. The minimum absolute atomic E-state index is 0.0588. The van der Waals surface area contributed by atoms with Crippen molar-refractivity contribution >= 4 is 31.3 Å². The number of unbranched alkanes of at least 4 members (excludes halogenated alkanes) is 1. The Morgan fingerprint density at radius 2 is 2.00 bits per heavy atom. The SMILES string of the molecule is [B]C(CC)CC(C)(CCCC)SCC(NC=CC(=O)NC=C)C(=O)CC. The van der Waals surface area contributed by atoms with Crippen LogP contribution in [0.25, 0.3) is 0 Å². The van der Waals surface area contributed by atoms with Crippen LogP contribution in [0.3, 0.4) is 0 Å². The quantitative estimate of drug-likeness (QED) is 0.332. The van der Waals surface area contributed by atoms with Crippen LogP contribution in [-0.2, 0) is 9.59 Å². The van der Waals surface area contributed by atoms with E-state index in [9.17, 15) is 9.59 Å². The highest BCUT2D eigenvalue weighted by molar-refractivity contribution is 8.00. The van der Waals surface area contributed by atoms with Crippen molar-refractivity contribution < 1.29 is 9.59 Å². The molecule has 0 saturated carbocycles. The molecule has 2 N–H and O–H groups in total. The fraction of sp³-hybridized carbons (Fsp3) is 0.700. The molecule has 0 spiro atoms. The number of carbonyl (C=O) groups excluding carboxylic acids is 2. The van der Waals surface area contributed by atoms with Crippen LogP contribution in [0.2, 0.25) is 5.82 Å². The second-order valence-corrected chi connectivity index (χ2v) is 8.43. The van der Waals surface area contributed by atoms with Crippen LogP contribution in [0.1, 0.15) is 66.2 Å². The highest BCUT2D eigenvalue weighted by Gasteiger charge is 2.28. The summed E-state index contributed by atoms with van der Waals surface area (Å²) in [5, 5.41) is 5.54. The van der Waals surface area contributed by atoms with Gasteiger partial charge < -0.3 is 10.6 Å². The first-order valence-electron chi connectivity index (χ1n) is 9.58. The molecule has 0 saturated heterocycles. The molecule has 0 aromatic rings. The lowest BCUT2D eigenvalue weighted by molar-refractivity contribution is -0.120. The van der Waals surface area contributed by atoms with Crippen LogP contribution in [0, 0.1) is 0 Å². The van der Waals surface area contributed by atoms with E-state index in [4.69, 9.17) is 7.85 Å². The maximum Gasteiger partial charge on any atom is 0.249 e. The first-order chi connectivity index (χ1) is 12.3. The summed E-state index contributed by atoms with van der Waals surface area (Å²) in [6.07, 6.45) is 9.99. The van der Waals surface area contributed by atoms with Gasteiger partial charge in [0, 0.05) is 29.2 Å². The average molecular weight is 378 g/mol. The van der Waals surface area contributed by atoms with E-state index in [1.807, 2.05) is 18.7 Å². The lowest BCUT2D eigenvalue weighted by Crippen LogP contribution is -2.37. The zero-order valence-corrected chi connectivity index (χ0v) is 17.7. The van der Waals surface area contributed by atoms with Crippen molar-refractivity contribution in [3.63, 3.8) is 0 Å². The molecular weight excluding hydrogens is 343 g/mol. The van der Waals surface area contributed by atoms with Crippen molar-refractivity contribution in [1.82, 2.24) is 10.6 Å². The van der Waals surface area contributed by atoms with Gasteiger partial charge in [-0.15, -0.1) is 0 Å². The normalized spacial score (nSPS) is 15.8. The second-order valence-electron chi connectivity index (χ2n) is 6.82. The summed E-state index contributed by atoms with van der Waals surface area (Å²) in [4.78, 5) is 23.7. The third-order valence-corrected chi connectivity index (χ3v) is 5.96. The van der Waals surface area contributed by atoms with Gasteiger partial charge in [0.2, 0.25) is 5.91 Å². The van der Waals surface area contributed by atoms with Gasteiger partial charge in [0.15, 0.2) is 5.78 Å². The monoisotopic (exact) mass is 378 g/mol. The van der Waals surface area contributed by atoms with Gasteiger partial charge in [0.1, 0.15) is 0 Å². The summed E-state index contributed by atoms with van der Waals surface area (Å²) in [6.45, 7) is 11.9. The molecule has 26 heavy (non-hydrogen) atoms. The molecule has 6 heteroatoms. The molecule has 0 aromatic heterocycles. The van der Waals surface area contributed by atoms with Crippen LogP contribution in [0.15, 0.2) is 25.1 Å². The van der Waals surface area contributed by atoms with Gasteiger partial charge in [-0.2, -0.15) is 11.8 Å². The molecule has 3 atom stereocenters. The first kappa shape index (κ1) is 24.8. The third kappa shape index (κ3) is 10.7. The van der Waals surface area contributed by atoms with E-state index in [-0.39, 0.29) is 28.3 Å². The molecule has 0 aliphatic heterocycles. The highest BCUT2D eigenvalue weighted by Crippen LogP contribution is 2.38. The Morgan fingerprint density at radius 1 is 1.31 bits per heavy atom. The smallest absolute Gasteiger partial charge is 0.249 e. The molecular formula is C20H35BN2O2S. The summed E-state index contributed by atoms with van der Waals surface area (Å²) in [5.74, 6) is 0.713. The van der Waals surface area contributed by atoms with Gasteiger partial charge in [0.25, 0.3) is 0 Å². The Kier molecular flexibility index (Phi) is 13.3. The molecule has 2 radical (unpaired) electrons. The summed E-state index contributed by atoms with van der Waals surface area (Å²) >= 11 is 1.81. The van der Waals surface area contributed by atoms with Crippen LogP contribution < -0.4 is 10.6 Å². The predicted octanol–water partition coefficient (Wildman–Crippen LogP) is 4.14. The average Bonchev–Trinajstić information content (AvgIpc) is 2.62. The van der Waals surface area contributed by atoms with Gasteiger partial charge in [0.05, 0.1) is 13.9 Å². The number of rotatable bonds is 15. The maximum atomic E-state index is 12.3. The predicted molar refractivity (Wildman–Crippen MR) is 115 cm³/mol. The second kappa shape index (κ2) is 14.0. The Balaban J connectivity index is 4.91. The van der Waals surface area contributed by atoms with E-state index in [1.54, 1.807) is 6.20 Å². The summed E-state index contributed by atoms with van der Waals surface area (Å²) < 4.78 is 0.0588. The van der Waals surface area contributed by atoms with E-state index in [0.717, 1.165) is 32.1 Å². The Labute approximate surface area is 165 Å². The molecule has 0 bridgehead atoms. The summed E-state index contributed by atoms with van der Waals surface area (Å²) in [7, 11) is 6.21. The maximum absolute atomic E-state index is 12.3. The van der Waals surface area contributed by atoms with Gasteiger partial charge in [-0.1, -0.05) is 59.4 Å². The van der Waals surface area contributed by atoms with E-state index in [0.29, 0.717) is 12.2 Å². The van der Waals surface area contributed by atoms with Crippen molar-refractivity contribution in [2.75, 3.05) is 5.75 Å². The van der Waals surface area contributed by atoms with E-state index in [1.165, 1.54) is 12.3 Å². The lowest BCUT2D eigenvalue weighted by atomic mass is 9.77. The minimum Gasteiger partial charge on any atom is -0.380 e. The molecule has 0 heterocycles. The number of ketones is 1. The Morgan fingerprint density at radius 3 is 2.54 bits per heavy atom.